The molecule has 0 atom stereocenters. The minimum Gasteiger partial charge on any atom is -0.368 e. The Hall–Kier alpha value is -1.53. The topological polar surface area (TPSA) is 76.7 Å². The first-order valence-electron chi connectivity index (χ1n) is 4.10. The summed E-state index contributed by atoms with van der Waals surface area (Å²) in [7, 11) is 0. The van der Waals surface area contributed by atoms with E-state index in [1.807, 2.05) is 0 Å². The summed E-state index contributed by atoms with van der Waals surface area (Å²) < 4.78 is 25.5. The number of alkyl halides is 2. The van der Waals surface area contributed by atoms with Crippen molar-refractivity contribution in [3.8, 4) is 0 Å². The van der Waals surface area contributed by atoms with Crippen LogP contribution in [0, 0.1) is 0 Å². The van der Waals surface area contributed by atoms with Gasteiger partial charge in [0, 0.05) is 6.42 Å². The number of halogens is 2. The molecule has 5 nitrogen and oxygen atoms in total. The lowest BCUT2D eigenvalue weighted by molar-refractivity contribution is 0.0114. The molecule has 1 rings (SSSR count). The van der Waals surface area contributed by atoms with E-state index < -0.39 is 12.5 Å². The van der Waals surface area contributed by atoms with Gasteiger partial charge in [-0.2, -0.15) is 4.98 Å². The fourth-order valence-electron chi connectivity index (χ4n) is 0.727. The second-order valence-corrected chi connectivity index (χ2v) is 2.73. The largest absolute Gasteiger partial charge is 0.368 e. The van der Waals surface area contributed by atoms with Crippen molar-refractivity contribution in [3.05, 3.63) is 6.33 Å². The maximum Gasteiger partial charge on any atom is 0.264 e. The first kappa shape index (κ1) is 10.6. The fourth-order valence-corrected chi connectivity index (χ4v) is 0.727. The number of hydrogen-bond acceptors (Lipinski definition) is 5. The van der Waals surface area contributed by atoms with Gasteiger partial charge in [-0.25, -0.2) is 18.7 Å². The first-order chi connectivity index (χ1) is 6.53. The average Bonchev–Trinajstić information content (AvgIpc) is 2.15. The van der Waals surface area contributed by atoms with Crippen molar-refractivity contribution in [2.75, 3.05) is 17.6 Å². The number of rotatable bonds is 4. The van der Waals surface area contributed by atoms with Crippen LogP contribution in [0.2, 0.25) is 0 Å². The van der Waals surface area contributed by atoms with Crippen molar-refractivity contribution in [2.45, 2.75) is 19.3 Å². The number of nitrogens with zero attached hydrogens (tertiary/aromatic N) is 3. The van der Waals surface area contributed by atoms with Crippen LogP contribution in [0.5, 0.6) is 0 Å². The number of nitrogens with two attached hydrogens (primary N) is 1. The Bertz CT molecular complexity index is 304. The molecular weight excluding hydrogens is 192 g/mol. The summed E-state index contributed by atoms with van der Waals surface area (Å²) >= 11 is 0. The maximum atomic E-state index is 12.8. The van der Waals surface area contributed by atoms with Gasteiger partial charge in [0.15, 0.2) is 0 Å². The second kappa shape index (κ2) is 4.12. The van der Waals surface area contributed by atoms with Crippen molar-refractivity contribution in [3.63, 3.8) is 0 Å². The molecule has 78 valence electrons. The normalized spacial score (nSPS) is 11.4. The number of aromatic nitrogens is 3. The van der Waals surface area contributed by atoms with Crippen molar-refractivity contribution in [1.82, 2.24) is 15.0 Å². The molecule has 0 saturated heterocycles. The van der Waals surface area contributed by atoms with E-state index in [2.05, 4.69) is 20.3 Å². The van der Waals surface area contributed by atoms with Gasteiger partial charge in [0.25, 0.3) is 5.92 Å². The molecule has 0 bridgehead atoms. The van der Waals surface area contributed by atoms with E-state index in [0.29, 0.717) is 0 Å². The van der Waals surface area contributed by atoms with Crippen molar-refractivity contribution in [2.24, 2.45) is 0 Å². The summed E-state index contributed by atoms with van der Waals surface area (Å²) in [6.45, 7) is 0.899. The summed E-state index contributed by atoms with van der Waals surface area (Å²) in [6, 6.07) is 0. The van der Waals surface area contributed by atoms with E-state index in [4.69, 9.17) is 5.73 Å². The van der Waals surface area contributed by atoms with E-state index in [-0.39, 0.29) is 18.3 Å². The SMILES string of the molecule is CCC(F)(F)CNc1ncnc(N)n1. The monoisotopic (exact) mass is 203 g/mol. The van der Waals surface area contributed by atoms with Gasteiger partial charge >= 0.3 is 0 Å². The van der Waals surface area contributed by atoms with Crippen LogP contribution in [0.3, 0.4) is 0 Å². The highest BCUT2D eigenvalue weighted by atomic mass is 19.3. The standard InChI is InChI=1S/C7H11F2N5/c1-2-7(8,9)3-11-6-13-4-12-5(10)14-6/h4H,2-3H2,1H3,(H3,10,11,12,13,14). The van der Waals surface area contributed by atoms with E-state index in [9.17, 15) is 8.78 Å². The van der Waals surface area contributed by atoms with Gasteiger partial charge in [-0.05, 0) is 0 Å². The number of nitrogen functional groups attached to an aromatic ring is 1. The van der Waals surface area contributed by atoms with Crippen LogP contribution in [-0.2, 0) is 0 Å². The molecule has 0 spiro atoms. The zero-order valence-electron chi connectivity index (χ0n) is 7.67. The average molecular weight is 203 g/mol. The van der Waals surface area contributed by atoms with Crippen LogP contribution >= 0.6 is 0 Å². The van der Waals surface area contributed by atoms with Gasteiger partial charge in [-0.15, -0.1) is 0 Å². The van der Waals surface area contributed by atoms with E-state index in [0.717, 1.165) is 6.33 Å². The Morgan fingerprint density at radius 2 is 2.21 bits per heavy atom. The summed E-state index contributed by atoms with van der Waals surface area (Å²) in [5, 5.41) is 2.38. The molecule has 1 aromatic rings. The maximum absolute atomic E-state index is 12.8. The van der Waals surface area contributed by atoms with Crippen LogP contribution in [0.15, 0.2) is 6.33 Å². The van der Waals surface area contributed by atoms with Gasteiger partial charge in [0.05, 0.1) is 6.54 Å². The van der Waals surface area contributed by atoms with Crippen LogP contribution in [0.25, 0.3) is 0 Å². The lowest BCUT2D eigenvalue weighted by Gasteiger charge is -2.14. The Labute approximate surface area is 79.8 Å². The molecule has 3 N–H and O–H groups in total. The zero-order valence-corrected chi connectivity index (χ0v) is 7.67. The van der Waals surface area contributed by atoms with E-state index >= 15 is 0 Å². The molecule has 1 aromatic heterocycles. The molecule has 0 aliphatic carbocycles. The van der Waals surface area contributed by atoms with Crippen LogP contribution in [0.1, 0.15) is 13.3 Å². The molecule has 0 saturated carbocycles. The number of hydrogen-bond donors (Lipinski definition) is 2. The van der Waals surface area contributed by atoms with E-state index in [1.165, 1.54) is 6.92 Å². The number of anilines is 2. The molecule has 0 unspecified atom stereocenters. The Balaban J connectivity index is 2.54. The van der Waals surface area contributed by atoms with Gasteiger partial charge in [0.2, 0.25) is 11.9 Å². The highest BCUT2D eigenvalue weighted by molar-refractivity contribution is 5.29. The zero-order chi connectivity index (χ0) is 10.6. The highest BCUT2D eigenvalue weighted by Gasteiger charge is 2.25. The smallest absolute Gasteiger partial charge is 0.264 e. The lowest BCUT2D eigenvalue weighted by atomic mass is 10.2. The minimum atomic E-state index is -2.76. The minimum absolute atomic E-state index is 0.00214. The molecule has 7 heteroatoms. The van der Waals surface area contributed by atoms with Gasteiger partial charge < -0.3 is 11.1 Å². The van der Waals surface area contributed by atoms with E-state index in [1.54, 1.807) is 0 Å². The molecule has 0 aromatic carbocycles. The Kier molecular flexibility index (Phi) is 3.10. The third-order valence-corrected chi connectivity index (χ3v) is 1.61. The van der Waals surface area contributed by atoms with Crippen LogP contribution in [-0.4, -0.2) is 27.4 Å². The van der Waals surface area contributed by atoms with Gasteiger partial charge in [0.1, 0.15) is 6.33 Å². The molecule has 0 aliphatic rings. The molecule has 0 aliphatic heterocycles. The van der Waals surface area contributed by atoms with Crippen molar-refractivity contribution in [1.29, 1.82) is 0 Å². The number of nitrogens with one attached hydrogen (secondary N) is 1. The van der Waals surface area contributed by atoms with Crippen molar-refractivity contribution >= 4 is 11.9 Å². The summed E-state index contributed by atoms with van der Waals surface area (Å²) in [4.78, 5) is 10.8. The first-order valence-corrected chi connectivity index (χ1v) is 4.10. The predicted molar refractivity (Wildman–Crippen MR) is 48.0 cm³/mol. The van der Waals surface area contributed by atoms with Gasteiger partial charge in [-0.1, -0.05) is 6.92 Å². The summed E-state index contributed by atoms with van der Waals surface area (Å²) in [6.07, 6.45) is 0.926. The third-order valence-electron chi connectivity index (χ3n) is 1.61. The lowest BCUT2D eigenvalue weighted by Crippen LogP contribution is -2.26. The quantitative estimate of drug-likeness (QED) is 0.760. The Morgan fingerprint density at radius 1 is 1.50 bits per heavy atom. The molecule has 14 heavy (non-hydrogen) atoms. The molecule has 0 fully saturated rings. The molecule has 0 radical (unpaired) electrons. The Morgan fingerprint density at radius 3 is 2.79 bits per heavy atom. The molecular formula is C7H11F2N5. The molecule has 1 heterocycles. The fraction of sp³-hybridized carbons (Fsp3) is 0.571. The van der Waals surface area contributed by atoms with Crippen LogP contribution in [0.4, 0.5) is 20.7 Å². The van der Waals surface area contributed by atoms with Crippen LogP contribution < -0.4 is 11.1 Å². The van der Waals surface area contributed by atoms with Gasteiger partial charge in [-0.3, -0.25) is 0 Å². The summed E-state index contributed by atoms with van der Waals surface area (Å²) in [5.41, 5.74) is 5.24. The highest BCUT2D eigenvalue weighted by Crippen LogP contribution is 2.17. The predicted octanol–water partition coefficient (Wildman–Crippen LogP) is 0.911. The van der Waals surface area contributed by atoms with Crippen molar-refractivity contribution < 1.29 is 8.78 Å². The second-order valence-electron chi connectivity index (χ2n) is 2.73. The molecule has 0 amide bonds. The summed E-state index contributed by atoms with van der Waals surface area (Å²) in [5.74, 6) is -2.70. The third kappa shape index (κ3) is 3.08.